The smallest absolute Gasteiger partial charge is 0.256 e. The second kappa shape index (κ2) is 6.54. The maximum Gasteiger partial charge on any atom is 0.256 e. The summed E-state index contributed by atoms with van der Waals surface area (Å²) >= 11 is 0. The molecule has 0 N–H and O–H groups in total. The van der Waals surface area contributed by atoms with Crippen LogP contribution in [0.3, 0.4) is 0 Å². The number of aromatic nitrogens is 2. The van der Waals surface area contributed by atoms with Crippen LogP contribution in [0.5, 0.6) is 5.75 Å². The summed E-state index contributed by atoms with van der Waals surface area (Å²) in [6.07, 6.45) is -0.106. The molecular formula is C21H21N3O3. The van der Waals surface area contributed by atoms with Gasteiger partial charge in [-0.2, -0.15) is 0 Å². The molecule has 1 aliphatic heterocycles. The zero-order valence-electron chi connectivity index (χ0n) is 15.6. The van der Waals surface area contributed by atoms with E-state index in [-0.39, 0.29) is 17.6 Å². The van der Waals surface area contributed by atoms with E-state index in [0.29, 0.717) is 24.4 Å². The summed E-state index contributed by atoms with van der Waals surface area (Å²) < 4.78 is 7.44. The molecule has 6 heteroatoms. The fourth-order valence-electron chi connectivity index (χ4n) is 3.26. The predicted octanol–water partition coefficient (Wildman–Crippen LogP) is 2.45. The number of likely N-dealkylation sites (tertiary alicyclic amines) is 1. The molecule has 0 saturated carbocycles. The first-order chi connectivity index (χ1) is 12.9. The van der Waals surface area contributed by atoms with E-state index in [1.807, 2.05) is 50.2 Å². The second-order valence-corrected chi connectivity index (χ2v) is 7.01. The molecular weight excluding hydrogens is 342 g/mol. The molecule has 27 heavy (non-hydrogen) atoms. The lowest BCUT2D eigenvalue weighted by Gasteiger charge is -2.39. The lowest BCUT2D eigenvalue weighted by atomic mass is 10.0. The first kappa shape index (κ1) is 17.3. The Morgan fingerprint density at radius 3 is 2.67 bits per heavy atom. The van der Waals surface area contributed by atoms with Crippen LogP contribution in [0.15, 0.2) is 47.3 Å². The van der Waals surface area contributed by atoms with Crippen LogP contribution in [0.2, 0.25) is 0 Å². The van der Waals surface area contributed by atoms with Crippen LogP contribution < -0.4 is 10.3 Å². The van der Waals surface area contributed by atoms with Gasteiger partial charge in [0.05, 0.1) is 24.2 Å². The molecule has 1 aromatic carbocycles. The van der Waals surface area contributed by atoms with Gasteiger partial charge in [-0.25, -0.2) is 0 Å². The first-order valence-corrected chi connectivity index (χ1v) is 8.92. The lowest BCUT2D eigenvalue weighted by molar-refractivity contribution is 0.0178. The Morgan fingerprint density at radius 2 is 1.93 bits per heavy atom. The number of carbonyl (C=O) groups excluding carboxylic acids is 1. The van der Waals surface area contributed by atoms with Gasteiger partial charge in [0.1, 0.15) is 11.9 Å². The molecule has 3 aromatic rings. The van der Waals surface area contributed by atoms with Crippen LogP contribution in [0.1, 0.15) is 21.7 Å². The number of ether oxygens (including phenoxy) is 1. The van der Waals surface area contributed by atoms with Crippen molar-refractivity contribution in [1.29, 1.82) is 0 Å². The third-order valence-electron chi connectivity index (χ3n) is 5.00. The van der Waals surface area contributed by atoms with Crippen molar-refractivity contribution in [3.8, 4) is 5.75 Å². The van der Waals surface area contributed by atoms with Crippen molar-refractivity contribution in [3.05, 3.63) is 69.8 Å². The van der Waals surface area contributed by atoms with E-state index in [0.717, 1.165) is 22.3 Å². The van der Waals surface area contributed by atoms with Gasteiger partial charge in [0.2, 0.25) is 0 Å². The van der Waals surface area contributed by atoms with E-state index in [1.165, 1.54) is 6.07 Å². The standard InChI is InChI=1S/C21H21N3O3/c1-13-7-8-15-5-4-6-18(20(15)22-13)21(26)24-11-17(12-24)27-16-9-14(2)23(3)19(25)10-16/h4-10,17H,11-12H2,1-3H3. The van der Waals surface area contributed by atoms with E-state index < -0.39 is 0 Å². The third kappa shape index (κ3) is 3.18. The lowest BCUT2D eigenvalue weighted by Crippen LogP contribution is -2.56. The van der Waals surface area contributed by atoms with Crippen LogP contribution >= 0.6 is 0 Å². The van der Waals surface area contributed by atoms with Gasteiger partial charge in [-0.15, -0.1) is 0 Å². The number of hydrogen-bond acceptors (Lipinski definition) is 4. The van der Waals surface area contributed by atoms with Crippen molar-refractivity contribution in [2.75, 3.05) is 13.1 Å². The molecule has 1 saturated heterocycles. The predicted molar refractivity (Wildman–Crippen MR) is 103 cm³/mol. The second-order valence-electron chi connectivity index (χ2n) is 7.01. The highest BCUT2D eigenvalue weighted by atomic mass is 16.5. The molecule has 0 radical (unpaired) electrons. The van der Waals surface area contributed by atoms with Gasteiger partial charge in [0, 0.05) is 29.9 Å². The highest BCUT2D eigenvalue weighted by Gasteiger charge is 2.33. The Hall–Kier alpha value is -3.15. The minimum Gasteiger partial charge on any atom is -0.486 e. The fourth-order valence-corrected chi connectivity index (χ4v) is 3.26. The first-order valence-electron chi connectivity index (χ1n) is 8.92. The van der Waals surface area contributed by atoms with Gasteiger partial charge in [0.25, 0.3) is 11.5 Å². The minimum absolute atomic E-state index is 0.0429. The minimum atomic E-state index is -0.106. The molecule has 0 aliphatic carbocycles. The number of rotatable bonds is 3. The Balaban J connectivity index is 1.48. The summed E-state index contributed by atoms with van der Waals surface area (Å²) in [5.74, 6) is 0.508. The van der Waals surface area contributed by atoms with Crippen molar-refractivity contribution in [3.63, 3.8) is 0 Å². The van der Waals surface area contributed by atoms with Gasteiger partial charge in [-0.3, -0.25) is 14.6 Å². The summed E-state index contributed by atoms with van der Waals surface area (Å²) in [6.45, 7) is 4.77. The van der Waals surface area contributed by atoms with Crippen LogP contribution in [0.25, 0.3) is 10.9 Å². The Bertz CT molecular complexity index is 1100. The number of hydrogen-bond donors (Lipinski definition) is 0. The maximum absolute atomic E-state index is 12.9. The van der Waals surface area contributed by atoms with Gasteiger partial charge < -0.3 is 14.2 Å². The zero-order chi connectivity index (χ0) is 19.1. The SMILES string of the molecule is Cc1ccc2cccc(C(=O)N3CC(Oc4cc(C)n(C)c(=O)c4)C3)c2n1. The van der Waals surface area contributed by atoms with E-state index in [4.69, 9.17) is 4.74 Å². The molecule has 1 amide bonds. The molecule has 0 bridgehead atoms. The quantitative estimate of drug-likeness (QED) is 0.717. The number of aryl methyl sites for hydroxylation is 2. The van der Waals surface area contributed by atoms with Crippen molar-refractivity contribution < 1.29 is 9.53 Å². The molecule has 6 nitrogen and oxygen atoms in total. The van der Waals surface area contributed by atoms with Gasteiger partial charge >= 0.3 is 0 Å². The number of fused-ring (bicyclic) bond motifs is 1. The Morgan fingerprint density at radius 1 is 1.15 bits per heavy atom. The van der Waals surface area contributed by atoms with Crippen molar-refractivity contribution in [2.24, 2.45) is 7.05 Å². The van der Waals surface area contributed by atoms with E-state index in [1.54, 1.807) is 16.5 Å². The van der Waals surface area contributed by atoms with Crippen LogP contribution in [-0.4, -0.2) is 39.6 Å². The zero-order valence-corrected chi connectivity index (χ0v) is 15.6. The Kier molecular flexibility index (Phi) is 4.18. The van der Waals surface area contributed by atoms with Crippen molar-refractivity contribution >= 4 is 16.8 Å². The number of carbonyl (C=O) groups is 1. The molecule has 0 atom stereocenters. The van der Waals surface area contributed by atoms with Crippen LogP contribution in [-0.2, 0) is 7.05 Å². The molecule has 1 fully saturated rings. The molecule has 2 aromatic heterocycles. The van der Waals surface area contributed by atoms with Gasteiger partial charge in [-0.1, -0.05) is 18.2 Å². The van der Waals surface area contributed by atoms with E-state index in [9.17, 15) is 9.59 Å². The molecule has 0 unspecified atom stereocenters. The fraction of sp³-hybridized carbons (Fsp3) is 0.286. The summed E-state index contributed by atoms with van der Waals surface area (Å²) in [7, 11) is 1.73. The third-order valence-corrected chi connectivity index (χ3v) is 5.00. The Labute approximate surface area is 157 Å². The highest BCUT2D eigenvalue weighted by molar-refractivity contribution is 6.05. The number of benzene rings is 1. The summed E-state index contributed by atoms with van der Waals surface area (Å²) in [4.78, 5) is 31.0. The number of para-hydroxylation sites is 1. The summed E-state index contributed by atoms with van der Waals surface area (Å²) in [5, 5.41) is 0.954. The molecule has 0 spiro atoms. The average Bonchev–Trinajstić information content (AvgIpc) is 2.61. The largest absolute Gasteiger partial charge is 0.486 e. The molecule has 1 aliphatic rings. The van der Waals surface area contributed by atoms with E-state index >= 15 is 0 Å². The topological polar surface area (TPSA) is 64.4 Å². The average molecular weight is 363 g/mol. The molecule has 3 heterocycles. The maximum atomic E-state index is 12.9. The van der Waals surface area contributed by atoms with Gasteiger partial charge in [-0.05, 0) is 32.0 Å². The van der Waals surface area contributed by atoms with Crippen molar-refractivity contribution in [2.45, 2.75) is 20.0 Å². The number of nitrogens with zero attached hydrogens (tertiary/aromatic N) is 3. The van der Waals surface area contributed by atoms with E-state index in [2.05, 4.69) is 4.98 Å². The van der Waals surface area contributed by atoms with Crippen LogP contribution in [0.4, 0.5) is 0 Å². The van der Waals surface area contributed by atoms with Gasteiger partial charge in [0.15, 0.2) is 0 Å². The monoisotopic (exact) mass is 363 g/mol. The number of amides is 1. The normalized spacial score (nSPS) is 14.3. The van der Waals surface area contributed by atoms with Crippen LogP contribution in [0, 0.1) is 13.8 Å². The molecule has 138 valence electrons. The highest BCUT2D eigenvalue weighted by Crippen LogP contribution is 2.23. The number of pyridine rings is 2. The summed E-state index contributed by atoms with van der Waals surface area (Å²) in [6, 6.07) is 12.9. The molecule has 4 rings (SSSR count). The summed E-state index contributed by atoms with van der Waals surface area (Å²) in [5.41, 5.74) is 2.96. The van der Waals surface area contributed by atoms with Crippen molar-refractivity contribution in [1.82, 2.24) is 14.5 Å².